The highest BCUT2D eigenvalue weighted by atomic mass is 15.1. The monoisotopic (exact) mass is 220 g/mol. The average molecular weight is 220 g/mol. The molecule has 0 amide bonds. The molecule has 2 nitrogen and oxygen atoms in total. The number of allylic oxidation sites excluding steroid dienone is 1. The van der Waals surface area contributed by atoms with Gasteiger partial charge in [0.15, 0.2) is 0 Å². The molecule has 0 aromatic rings. The third-order valence-electron chi connectivity index (χ3n) is 4.74. The average Bonchev–Trinajstić information content (AvgIpc) is 2.34. The minimum Gasteiger partial charge on any atom is -0.311 e. The van der Waals surface area contributed by atoms with Crippen molar-refractivity contribution in [2.24, 2.45) is 11.8 Å². The zero-order valence-corrected chi connectivity index (χ0v) is 10.4. The molecule has 2 fully saturated rings. The van der Waals surface area contributed by atoms with Gasteiger partial charge in [0.05, 0.1) is 0 Å². The van der Waals surface area contributed by atoms with Crippen LogP contribution in [0.1, 0.15) is 32.1 Å². The maximum absolute atomic E-state index is 3.93. The number of rotatable bonds is 2. The molecule has 1 unspecified atom stereocenters. The minimum absolute atomic E-state index is 0.786. The molecule has 16 heavy (non-hydrogen) atoms. The van der Waals surface area contributed by atoms with Crippen molar-refractivity contribution >= 4 is 0 Å². The van der Waals surface area contributed by atoms with Crippen LogP contribution in [0, 0.1) is 11.8 Å². The molecule has 0 aromatic heterocycles. The Morgan fingerprint density at radius 2 is 1.88 bits per heavy atom. The summed E-state index contributed by atoms with van der Waals surface area (Å²) in [5.41, 5.74) is 0. The first-order valence-corrected chi connectivity index (χ1v) is 6.94. The maximum atomic E-state index is 3.93. The molecule has 1 saturated carbocycles. The minimum atomic E-state index is 0.786. The van der Waals surface area contributed by atoms with Gasteiger partial charge in [-0.2, -0.15) is 0 Å². The summed E-state index contributed by atoms with van der Waals surface area (Å²) in [6.07, 6.45) is 11.9. The SMILES string of the molecule is CN1CCC(NC2C[C@H]3C=C[C@@H]2CC3)CC1. The molecule has 0 aromatic carbocycles. The Morgan fingerprint density at radius 1 is 1.06 bits per heavy atom. The molecule has 0 spiro atoms. The number of nitrogens with zero attached hydrogens (tertiary/aromatic N) is 1. The van der Waals surface area contributed by atoms with Crippen LogP contribution < -0.4 is 5.32 Å². The highest BCUT2D eigenvalue weighted by Gasteiger charge is 2.33. The fourth-order valence-electron chi connectivity index (χ4n) is 3.60. The standard InChI is InChI=1S/C14H24N2/c1-16-8-6-13(7-9-16)15-14-10-11-2-4-12(14)5-3-11/h2,4,11-15H,3,5-10H2,1H3/t11-,12+,14?/m0/s1. The number of nitrogens with one attached hydrogen (secondary N) is 1. The van der Waals surface area contributed by atoms with Gasteiger partial charge in [-0.1, -0.05) is 12.2 Å². The second-order valence-electron chi connectivity index (χ2n) is 5.97. The molecule has 3 atom stereocenters. The van der Waals surface area contributed by atoms with Crippen molar-refractivity contribution in [3.8, 4) is 0 Å². The van der Waals surface area contributed by atoms with Crippen LogP contribution in [0.3, 0.4) is 0 Å². The quantitative estimate of drug-likeness (QED) is 0.716. The number of hydrogen-bond acceptors (Lipinski definition) is 2. The first kappa shape index (κ1) is 10.8. The fourth-order valence-corrected chi connectivity index (χ4v) is 3.60. The van der Waals surface area contributed by atoms with Crippen LogP contribution in [-0.4, -0.2) is 37.1 Å². The molecule has 2 heteroatoms. The molecule has 2 bridgehead atoms. The lowest BCUT2D eigenvalue weighted by Crippen LogP contribution is -2.50. The molecule has 4 rings (SSSR count). The van der Waals surface area contributed by atoms with Crippen LogP contribution in [0.25, 0.3) is 0 Å². The Kier molecular flexibility index (Phi) is 3.03. The van der Waals surface area contributed by atoms with Gasteiger partial charge in [-0.15, -0.1) is 0 Å². The Balaban J connectivity index is 1.54. The molecule has 4 aliphatic rings. The Labute approximate surface area is 99.1 Å². The zero-order valence-electron chi connectivity index (χ0n) is 10.4. The molecule has 3 aliphatic carbocycles. The topological polar surface area (TPSA) is 15.3 Å². The van der Waals surface area contributed by atoms with Gasteiger partial charge in [0.25, 0.3) is 0 Å². The van der Waals surface area contributed by atoms with Crippen LogP contribution in [-0.2, 0) is 0 Å². The molecule has 1 heterocycles. The van der Waals surface area contributed by atoms with E-state index in [2.05, 4.69) is 29.4 Å². The second-order valence-corrected chi connectivity index (χ2v) is 5.97. The van der Waals surface area contributed by atoms with Crippen molar-refractivity contribution in [1.82, 2.24) is 10.2 Å². The lowest BCUT2D eigenvalue weighted by molar-refractivity contribution is 0.181. The van der Waals surface area contributed by atoms with Crippen molar-refractivity contribution in [3.63, 3.8) is 0 Å². The van der Waals surface area contributed by atoms with Crippen LogP contribution in [0.5, 0.6) is 0 Å². The van der Waals surface area contributed by atoms with E-state index >= 15 is 0 Å². The maximum Gasteiger partial charge on any atom is 0.0138 e. The summed E-state index contributed by atoms with van der Waals surface area (Å²) in [6.45, 7) is 2.54. The Hall–Kier alpha value is -0.340. The van der Waals surface area contributed by atoms with E-state index in [0.29, 0.717) is 0 Å². The van der Waals surface area contributed by atoms with Crippen molar-refractivity contribution in [2.45, 2.75) is 44.2 Å². The van der Waals surface area contributed by atoms with Crippen LogP contribution in [0.4, 0.5) is 0 Å². The predicted molar refractivity (Wildman–Crippen MR) is 67.4 cm³/mol. The molecule has 1 aliphatic heterocycles. The first-order chi connectivity index (χ1) is 7.81. The molecular formula is C14H24N2. The van der Waals surface area contributed by atoms with E-state index in [1.807, 2.05) is 0 Å². The van der Waals surface area contributed by atoms with Crippen molar-refractivity contribution in [2.75, 3.05) is 20.1 Å². The smallest absolute Gasteiger partial charge is 0.0138 e. The second kappa shape index (κ2) is 4.50. The van der Waals surface area contributed by atoms with Gasteiger partial charge in [0, 0.05) is 12.1 Å². The van der Waals surface area contributed by atoms with E-state index in [1.54, 1.807) is 0 Å². The first-order valence-electron chi connectivity index (χ1n) is 6.94. The summed E-state index contributed by atoms with van der Waals surface area (Å²) in [6, 6.07) is 1.58. The summed E-state index contributed by atoms with van der Waals surface area (Å²) in [4.78, 5) is 2.45. The molecule has 1 saturated heterocycles. The van der Waals surface area contributed by atoms with Crippen molar-refractivity contribution < 1.29 is 0 Å². The van der Waals surface area contributed by atoms with E-state index in [9.17, 15) is 0 Å². The van der Waals surface area contributed by atoms with Crippen molar-refractivity contribution in [1.29, 1.82) is 0 Å². The molecule has 1 N–H and O–H groups in total. The highest BCUT2D eigenvalue weighted by molar-refractivity contribution is 5.09. The predicted octanol–water partition coefficient (Wildman–Crippen LogP) is 2.02. The van der Waals surface area contributed by atoms with Gasteiger partial charge < -0.3 is 10.2 Å². The van der Waals surface area contributed by atoms with Crippen LogP contribution in [0.15, 0.2) is 12.2 Å². The lowest BCUT2D eigenvalue weighted by Gasteiger charge is -2.41. The van der Waals surface area contributed by atoms with Crippen LogP contribution in [0.2, 0.25) is 0 Å². The van der Waals surface area contributed by atoms with Crippen LogP contribution >= 0.6 is 0 Å². The Bertz CT molecular complexity index is 266. The fraction of sp³-hybridized carbons (Fsp3) is 0.857. The van der Waals surface area contributed by atoms with E-state index in [-0.39, 0.29) is 0 Å². The zero-order chi connectivity index (χ0) is 11.0. The number of likely N-dealkylation sites (tertiary alicyclic amines) is 1. The van der Waals surface area contributed by atoms with Gasteiger partial charge in [-0.25, -0.2) is 0 Å². The summed E-state index contributed by atoms with van der Waals surface area (Å²) in [5.74, 6) is 1.72. The normalized spacial score (nSPS) is 40.4. The summed E-state index contributed by atoms with van der Waals surface area (Å²) >= 11 is 0. The third-order valence-corrected chi connectivity index (χ3v) is 4.74. The van der Waals surface area contributed by atoms with Gasteiger partial charge >= 0.3 is 0 Å². The summed E-state index contributed by atoms with van der Waals surface area (Å²) < 4.78 is 0. The van der Waals surface area contributed by atoms with Gasteiger partial charge in [0.1, 0.15) is 0 Å². The van der Waals surface area contributed by atoms with Gasteiger partial charge in [-0.05, 0) is 64.1 Å². The van der Waals surface area contributed by atoms with E-state index < -0.39 is 0 Å². The highest BCUT2D eigenvalue weighted by Crippen LogP contribution is 2.36. The van der Waals surface area contributed by atoms with E-state index in [0.717, 1.165) is 23.9 Å². The van der Waals surface area contributed by atoms with E-state index in [1.165, 1.54) is 45.2 Å². The summed E-state index contributed by atoms with van der Waals surface area (Å²) in [7, 11) is 2.24. The third kappa shape index (κ3) is 2.18. The Morgan fingerprint density at radius 3 is 2.44 bits per heavy atom. The van der Waals surface area contributed by atoms with Gasteiger partial charge in [-0.3, -0.25) is 0 Å². The summed E-state index contributed by atoms with van der Waals surface area (Å²) in [5, 5.41) is 3.93. The molecule has 0 radical (unpaired) electrons. The molecular weight excluding hydrogens is 196 g/mol. The van der Waals surface area contributed by atoms with E-state index in [4.69, 9.17) is 0 Å². The number of piperidine rings is 1. The van der Waals surface area contributed by atoms with Crippen molar-refractivity contribution in [3.05, 3.63) is 12.2 Å². The van der Waals surface area contributed by atoms with Gasteiger partial charge in [0.2, 0.25) is 0 Å². The number of hydrogen-bond donors (Lipinski definition) is 1. The molecule has 90 valence electrons. The lowest BCUT2D eigenvalue weighted by atomic mass is 9.72. The number of fused-ring (bicyclic) bond motifs is 2. The largest absolute Gasteiger partial charge is 0.311 e.